The van der Waals surface area contributed by atoms with Gasteiger partial charge in [-0.15, -0.1) is 0 Å². The summed E-state index contributed by atoms with van der Waals surface area (Å²) in [5.74, 6) is -1.61. The first-order valence-corrected chi connectivity index (χ1v) is 14.2. The Labute approximate surface area is 210 Å². The van der Waals surface area contributed by atoms with Gasteiger partial charge in [-0.3, -0.25) is 0 Å². The molecule has 4 rings (SSSR count). The first kappa shape index (κ1) is 26.2. The summed E-state index contributed by atoms with van der Waals surface area (Å²) in [7, 11) is -2.98. The number of benzene rings is 2. The number of aldehydes is 1. The molecule has 2 aromatic carbocycles. The molecule has 0 aromatic heterocycles. The van der Waals surface area contributed by atoms with Crippen molar-refractivity contribution in [3.05, 3.63) is 60.7 Å². The van der Waals surface area contributed by atoms with Crippen LogP contribution >= 0.6 is 0 Å². The zero-order chi connectivity index (χ0) is 25.5. The lowest BCUT2D eigenvalue weighted by Gasteiger charge is -2.45. The number of hydrogen-bond donors (Lipinski definition) is 0. The highest BCUT2D eigenvalue weighted by atomic mass is 28.4. The summed E-state index contributed by atoms with van der Waals surface area (Å²) in [5.41, 5.74) is 0. The molecular formula is C28H38O6Si. The average molecular weight is 499 g/mol. The molecule has 7 heteroatoms. The Morgan fingerprint density at radius 2 is 1.43 bits per heavy atom. The molecule has 35 heavy (non-hydrogen) atoms. The summed E-state index contributed by atoms with van der Waals surface area (Å²) in [5, 5.41) is 1.92. The summed E-state index contributed by atoms with van der Waals surface area (Å²) in [6.07, 6.45) is -1.53. The van der Waals surface area contributed by atoms with Gasteiger partial charge in [-0.25, -0.2) is 0 Å². The molecule has 0 N–H and O–H groups in total. The number of carbonyl (C=O) groups excluding carboxylic acids is 1. The van der Waals surface area contributed by atoms with Gasteiger partial charge in [0.1, 0.15) is 30.7 Å². The smallest absolute Gasteiger partial charge is 0.262 e. The number of carbonyl (C=O) groups is 1. The van der Waals surface area contributed by atoms with E-state index in [4.69, 9.17) is 23.4 Å². The van der Waals surface area contributed by atoms with Crippen molar-refractivity contribution in [3.63, 3.8) is 0 Å². The van der Waals surface area contributed by atoms with E-state index in [1.165, 1.54) is 0 Å². The summed E-state index contributed by atoms with van der Waals surface area (Å²) in [6, 6.07) is 20.5. The topological polar surface area (TPSA) is 63.2 Å². The first-order chi connectivity index (χ1) is 16.4. The standard InChI is InChI=1S/C28H38O6Si/c1-26(2,3)35(20-14-10-8-11-15-20,21-16-12-9-13-17-21)34-22(18-29)24-25(33-28(6,7)32-24)23-19-30-27(4,5)31-23/h8-18,22-25H,19H2,1-7H3/t22-,23+,24-,25-/m1/s1. The second-order valence-corrected chi connectivity index (χ2v) is 15.6. The Hall–Kier alpha value is -1.87. The predicted molar refractivity (Wildman–Crippen MR) is 137 cm³/mol. The van der Waals surface area contributed by atoms with Crippen molar-refractivity contribution in [2.45, 2.75) is 89.5 Å². The summed E-state index contributed by atoms with van der Waals surface area (Å²) >= 11 is 0. The molecule has 2 aliphatic rings. The fourth-order valence-electron chi connectivity index (χ4n) is 5.30. The molecule has 0 saturated carbocycles. The molecule has 2 aliphatic heterocycles. The normalized spacial score (nSPS) is 27.0. The zero-order valence-electron chi connectivity index (χ0n) is 21.8. The summed E-state index contributed by atoms with van der Waals surface area (Å²) < 4.78 is 31.7. The molecule has 2 heterocycles. The minimum Gasteiger partial charge on any atom is -0.395 e. The summed E-state index contributed by atoms with van der Waals surface area (Å²) in [6.45, 7) is 14.4. The summed E-state index contributed by atoms with van der Waals surface area (Å²) in [4.78, 5) is 12.7. The van der Waals surface area contributed by atoms with E-state index in [1.54, 1.807) is 0 Å². The Morgan fingerprint density at radius 1 is 0.886 bits per heavy atom. The Bertz CT molecular complexity index is 962. The second kappa shape index (κ2) is 9.54. The molecule has 0 amide bonds. The van der Waals surface area contributed by atoms with E-state index in [2.05, 4.69) is 45.0 Å². The van der Waals surface area contributed by atoms with Crippen LogP contribution in [0.5, 0.6) is 0 Å². The van der Waals surface area contributed by atoms with Crippen LogP contribution in [0, 0.1) is 0 Å². The third-order valence-electron chi connectivity index (χ3n) is 6.75. The third-order valence-corrected chi connectivity index (χ3v) is 11.8. The molecule has 4 atom stereocenters. The monoisotopic (exact) mass is 498 g/mol. The molecule has 2 aromatic rings. The van der Waals surface area contributed by atoms with Crippen LogP contribution in [0.25, 0.3) is 0 Å². The molecule has 0 bridgehead atoms. The molecule has 0 spiro atoms. The maximum absolute atomic E-state index is 12.7. The van der Waals surface area contributed by atoms with Crippen LogP contribution in [0.1, 0.15) is 48.5 Å². The lowest BCUT2D eigenvalue weighted by Crippen LogP contribution is -2.69. The molecule has 2 saturated heterocycles. The molecule has 2 fully saturated rings. The van der Waals surface area contributed by atoms with Crippen molar-refractivity contribution in [1.82, 2.24) is 0 Å². The van der Waals surface area contributed by atoms with Crippen molar-refractivity contribution in [3.8, 4) is 0 Å². The zero-order valence-corrected chi connectivity index (χ0v) is 22.8. The van der Waals surface area contributed by atoms with Gasteiger partial charge in [-0.05, 0) is 43.1 Å². The maximum atomic E-state index is 12.7. The van der Waals surface area contributed by atoms with Gasteiger partial charge in [0.15, 0.2) is 11.6 Å². The molecule has 6 nitrogen and oxygen atoms in total. The molecule has 0 aliphatic carbocycles. The lowest BCUT2D eigenvalue weighted by molar-refractivity contribution is -0.175. The number of ether oxygens (including phenoxy) is 4. The predicted octanol–water partition coefficient (Wildman–Crippen LogP) is 3.80. The highest BCUT2D eigenvalue weighted by Gasteiger charge is 2.57. The lowest BCUT2D eigenvalue weighted by atomic mass is 10.0. The van der Waals surface area contributed by atoms with Crippen LogP contribution in [0.2, 0.25) is 5.04 Å². The van der Waals surface area contributed by atoms with E-state index in [-0.39, 0.29) is 11.1 Å². The van der Waals surface area contributed by atoms with Crippen molar-refractivity contribution in [2.75, 3.05) is 6.61 Å². The molecule has 0 unspecified atom stereocenters. The van der Waals surface area contributed by atoms with Crippen LogP contribution in [-0.2, 0) is 28.2 Å². The fraction of sp³-hybridized carbons (Fsp3) is 0.536. The van der Waals surface area contributed by atoms with E-state index in [0.29, 0.717) is 6.61 Å². The Morgan fingerprint density at radius 3 is 1.86 bits per heavy atom. The van der Waals surface area contributed by atoms with Gasteiger partial charge >= 0.3 is 0 Å². The second-order valence-electron chi connectivity index (χ2n) is 11.3. The van der Waals surface area contributed by atoms with Crippen LogP contribution in [0.3, 0.4) is 0 Å². The van der Waals surface area contributed by atoms with Gasteiger partial charge < -0.3 is 28.2 Å². The maximum Gasteiger partial charge on any atom is 0.262 e. The van der Waals surface area contributed by atoms with E-state index in [9.17, 15) is 4.79 Å². The molecule has 0 radical (unpaired) electrons. The van der Waals surface area contributed by atoms with Gasteiger partial charge in [0, 0.05) is 0 Å². The van der Waals surface area contributed by atoms with E-state index >= 15 is 0 Å². The van der Waals surface area contributed by atoms with Crippen LogP contribution in [0.15, 0.2) is 60.7 Å². The first-order valence-electron chi connectivity index (χ1n) is 12.3. The SMILES string of the molecule is CC1(C)O[C@H]([C@@H]2COC(C)(C)O2)[C@@H]([C@@H](C=O)O[Si](c2ccccc2)(c2ccccc2)C(C)(C)C)O1. The van der Waals surface area contributed by atoms with Gasteiger partial charge in [0.05, 0.1) is 6.61 Å². The number of rotatable bonds is 7. The van der Waals surface area contributed by atoms with Crippen molar-refractivity contribution in [2.24, 2.45) is 0 Å². The van der Waals surface area contributed by atoms with E-state index in [1.807, 2.05) is 64.1 Å². The average Bonchev–Trinajstić information content (AvgIpc) is 3.33. The fourth-order valence-corrected chi connectivity index (χ4v) is 9.92. The van der Waals surface area contributed by atoms with Gasteiger partial charge in [0.2, 0.25) is 0 Å². The van der Waals surface area contributed by atoms with Crippen molar-refractivity contribution in [1.29, 1.82) is 0 Å². The van der Waals surface area contributed by atoms with Crippen LogP contribution in [-0.4, -0.2) is 57.2 Å². The van der Waals surface area contributed by atoms with Gasteiger partial charge in [-0.2, -0.15) is 0 Å². The minimum atomic E-state index is -2.98. The number of hydrogen-bond acceptors (Lipinski definition) is 6. The van der Waals surface area contributed by atoms with Gasteiger partial charge in [-0.1, -0.05) is 81.4 Å². The molecule has 190 valence electrons. The quantitative estimate of drug-likeness (QED) is 0.427. The van der Waals surface area contributed by atoms with Gasteiger partial charge in [0.25, 0.3) is 8.32 Å². The highest BCUT2D eigenvalue weighted by molar-refractivity contribution is 6.99. The van der Waals surface area contributed by atoms with E-state index < -0.39 is 38.2 Å². The Balaban J connectivity index is 1.78. The van der Waals surface area contributed by atoms with Crippen LogP contribution < -0.4 is 10.4 Å². The largest absolute Gasteiger partial charge is 0.395 e. The third kappa shape index (κ3) is 5.17. The minimum absolute atomic E-state index is 0.281. The van der Waals surface area contributed by atoms with Crippen LogP contribution in [0.4, 0.5) is 0 Å². The van der Waals surface area contributed by atoms with Crippen molar-refractivity contribution >= 4 is 25.0 Å². The highest BCUT2D eigenvalue weighted by Crippen LogP contribution is 2.41. The van der Waals surface area contributed by atoms with Crippen molar-refractivity contribution < 1.29 is 28.2 Å². The Kier molecular flexibility index (Phi) is 7.14. The molecular weight excluding hydrogens is 460 g/mol. The van der Waals surface area contributed by atoms with E-state index in [0.717, 1.165) is 16.7 Å².